The van der Waals surface area contributed by atoms with Crippen LogP contribution in [0, 0.1) is 0 Å². The zero-order chi connectivity index (χ0) is 11.2. The van der Waals surface area contributed by atoms with Gasteiger partial charge in [0.1, 0.15) is 0 Å². The van der Waals surface area contributed by atoms with Crippen molar-refractivity contribution in [3.8, 4) is 0 Å². The first kappa shape index (κ1) is 12.7. The summed E-state index contributed by atoms with van der Waals surface area (Å²) in [6.07, 6.45) is 7.14. The van der Waals surface area contributed by atoms with Crippen molar-refractivity contribution in [1.82, 2.24) is 10.2 Å². The second-order valence-electron chi connectivity index (χ2n) is 5.24. The molecule has 1 N–H and O–H groups in total. The maximum atomic E-state index is 3.77. The largest absolute Gasteiger partial charge is 0.312 e. The van der Waals surface area contributed by atoms with Crippen LogP contribution in [0.25, 0.3) is 0 Å². The third-order valence-electron chi connectivity index (χ3n) is 3.98. The van der Waals surface area contributed by atoms with Crippen LogP contribution in [0.3, 0.4) is 0 Å². The maximum absolute atomic E-state index is 3.77. The topological polar surface area (TPSA) is 15.3 Å². The minimum absolute atomic E-state index is 0.725. The number of hydrogen-bond acceptors (Lipinski definition) is 3. The van der Waals surface area contributed by atoms with Crippen LogP contribution in [-0.4, -0.2) is 48.1 Å². The summed E-state index contributed by atoms with van der Waals surface area (Å²) in [5.41, 5.74) is 0. The first-order valence-electron chi connectivity index (χ1n) is 6.91. The molecular formula is C13H26N2S. The van der Waals surface area contributed by atoms with E-state index in [1.807, 2.05) is 0 Å². The summed E-state index contributed by atoms with van der Waals surface area (Å²) >= 11 is 2.10. The molecule has 1 unspecified atom stereocenters. The molecule has 0 bridgehead atoms. The van der Waals surface area contributed by atoms with E-state index in [4.69, 9.17) is 0 Å². The van der Waals surface area contributed by atoms with Gasteiger partial charge in [0.15, 0.2) is 0 Å². The molecule has 2 fully saturated rings. The van der Waals surface area contributed by atoms with E-state index in [9.17, 15) is 0 Å². The molecule has 0 spiro atoms. The van der Waals surface area contributed by atoms with Crippen LogP contribution in [0.4, 0.5) is 0 Å². The van der Waals surface area contributed by atoms with Crippen LogP contribution in [0.1, 0.15) is 39.0 Å². The monoisotopic (exact) mass is 242 g/mol. The minimum Gasteiger partial charge on any atom is -0.312 e. The van der Waals surface area contributed by atoms with Crippen molar-refractivity contribution in [3.05, 3.63) is 0 Å². The van der Waals surface area contributed by atoms with Gasteiger partial charge < -0.3 is 5.32 Å². The van der Waals surface area contributed by atoms with E-state index in [2.05, 4.69) is 28.9 Å². The predicted molar refractivity (Wildman–Crippen MR) is 73.2 cm³/mol. The fourth-order valence-electron chi connectivity index (χ4n) is 2.79. The molecule has 1 heterocycles. The zero-order valence-corrected chi connectivity index (χ0v) is 11.4. The van der Waals surface area contributed by atoms with E-state index in [0.29, 0.717) is 0 Å². The molecule has 1 saturated heterocycles. The summed E-state index contributed by atoms with van der Waals surface area (Å²) in [5, 5.41) is 3.77. The average molecular weight is 242 g/mol. The number of thioether (sulfide) groups is 1. The lowest BCUT2D eigenvalue weighted by molar-refractivity contribution is 0.214. The van der Waals surface area contributed by atoms with Crippen LogP contribution in [0.5, 0.6) is 0 Å². The fraction of sp³-hybridized carbons (Fsp3) is 1.00. The van der Waals surface area contributed by atoms with Gasteiger partial charge in [0.25, 0.3) is 0 Å². The van der Waals surface area contributed by atoms with E-state index < -0.39 is 0 Å². The molecule has 1 aliphatic carbocycles. The Morgan fingerprint density at radius 2 is 1.88 bits per heavy atom. The van der Waals surface area contributed by atoms with E-state index in [1.54, 1.807) is 0 Å². The first-order valence-corrected chi connectivity index (χ1v) is 8.07. The Balaban J connectivity index is 1.63. The smallest absolute Gasteiger partial charge is 0.0193 e. The fourth-order valence-corrected chi connectivity index (χ4v) is 3.72. The molecular weight excluding hydrogens is 216 g/mol. The highest BCUT2D eigenvalue weighted by molar-refractivity contribution is 7.99. The van der Waals surface area contributed by atoms with Crippen LogP contribution < -0.4 is 5.32 Å². The lowest BCUT2D eigenvalue weighted by atomic mass is 9.95. The SMILES string of the molecule is CC(CNC1CCCCC1)N1CCSCC1. The van der Waals surface area contributed by atoms with Crippen molar-refractivity contribution in [3.63, 3.8) is 0 Å². The number of nitrogens with one attached hydrogen (secondary N) is 1. The van der Waals surface area contributed by atoms with Gasteiger partial charge in [-0.05, 0) is 19.8 Å². The van der Waals surface area contributed by atoms with Crippen molar-refractivity contribution in [2.24, 2.45) is 0 Å². The number of hydrogen-bond donors (Lipinski definition) is 1. The highest BCUT2D eigenvalue weighted by Crippen LogP contribution is 2.18. The van der Waals surface area contributed by atoms with Gasteiger partial charge >= 0.3 is 0 Å². The molecule has 94 valence electrons. The van der Waals surface area contributed by atoms with Crippen LogP contribution in [0.2, 0.25) is 0 Å². The lowest BCUT2D eigenvalue weighted by Gasteiger charge is -2.33. The molecule has 2 nitrogen and oxygen atoms in total. The van der Waals surface area contributed by atoms with Crippen LogP contribution in [0.15, 0.2) is 0 Å². The van der Waals surface area contributed by atoms with E-state index in [0.717, 1.165) is 12.1 Å². The summed E-state index contributed by atoms with van der Waals surface area (Å²) < 4.78 is 0. The highest BCUT2D eigenvalue weighted by atomic mass is 32.2. The second kappa shape index (κ2) is 6.87. The molecule has 0 aromatic carbocycles. The molecule has 1 saturated carbocycles. The lowest BCUT2D eigenvalue weighted by Crippen LogP contribution is -2.46. The van der Waals surface area contributed by atoms with Gasteiger partial charge in [-0.25, -0.2) is 0 Å². The van der Waals surface area contributed by atoms with Gasteiger partial charge in [0.2, 0.25) is 0 Å². The van der Waals surface area contributed by atoms with Gasteiger partial charge in [0.05, 0.1) is 0 Å². The summed E-state index contributed by atoms with van der Waals surface area (Å²) in [7, 11) is 0. The molecule has 0 aromatic heterocycles. The van der Waals surface area contributed by atoms with Gasteiger partial charge in [-0.1, -0.05) is 19.3 Å². The number of rotatable bonds is 4. The number of nitrogens with zero attached hydrogens (tertiary/aromatic N) is 1. The van der Waals surface area contributed by atoms with Gasteiger partial charge in [-0.2, -0.15) is 11.8 Å². The summed E-state index contributed by atoms with van der Waals surface area (Å²) in [6.45, 7) is 6.15. The van der Waals surface area contributed by atoms with E-state index >= 15 is 0 Å². The van der Waals surface area contributed by atoms with E-state index in [-0.39, 0.29) is 0 Å². The molecule has 16 heavy (non-hydrogen) atoms. The first-order chi connectivity index (χ1) is 7.86. The Bertz CT molecular complexity index is 186. The van der Waals surface area contributed by atoms with Gasteiger partial charge in [-0.15, -0.1) is 0 Å². The third kappa shape index (κ3) is 3.94. The van der Waals surface area contributed by atoms with E-state index in [1.165, 1.54) is 63.2 Å². The quantitative estimate of drug-likeness (QED) is 0.815. The van der Waals surface area contributed by atoms with Crippen LogP contribution >= 0.6 is 11.8 Å². The predicted octanol–water partition coefficient (Wildman–Crippen LogP) is 2.35. The molecule has 2 aliphatic rings. The summed E-state index contributed by atoms with van der Waals surface area (Å²) in [5.74, 6) is 2.65. The van der Waals surface area contributed by atoms with Crippen molar-refractivity contribution in [1.29, 1.82) is 0 Å². The van der Waals surface area contributed by atoms with Crippen LogP contribution in [-0.2, 0) is 0 Å². The molecule has 0 radical (unpaired) electrons. The molecule has 3 heteroatoms. The Hall–Kier alpha value is 0.270. The average Bonchev–Trinajstić information content (AvgIpc) is 2.38. The molecule has 1 atom stereocenters. The Labute approximate surface area is 105 Å². The van der Waals surface area contributed by atoms with Crippen molar-refractivity contribution in [2.45, 2.75) is 51.1 Å². The molecule has 0 amide bonds. The van der Waals surface area contributed by atoms with Gasteiger partial charge in [-0.3, -0.25) is 4.90 Å². The summed E-state index contributed by atoms with van der Waals surface area (Å²) in [6, 6.07) is 1.54. The third-order valence-corrected chi connectivity index (χ3v) is 4.92. The zero-order valence-electron chi connectivity index (χ0n) is 10.6. The van der Waals surface area contributed by atoms with Crippen molar-refractivity contribution >= 4 is 11.8 Å². The molecule has 0 aromatic rings. The minimum atomic E-state index is 0.725. The Morgan fingerprint density at radius 1 is 1.19 bits per heavy atom. The Kier molecular flexibility index (Phi) is 5.46. The van der Waals surface area contributed by atoms with Crippen molar-refractivity contribution < 1.29 is 0 Å². The highest BCUT2D eigenvalue weighted by Gasteiger charge is 2.18. The molecule has 2 rings (SSSR count). The maximum Gasteiger partial charge on any atom is 0.0193 e. The Morgan fingerprint density at radius 3 is 2.56 bits per heavy atom. The normalized spacial score (nSPS) is 26.8. The molecule has 1 aliphatic heterocycles. The van der Waals surface area contributed by atoms with Gasteiger partial charge in [0, 0.05) is 43.2 Å². The second-order valence-corrected chi connectivity index (χ2v) is 6.47. The summed E-state index contributed by atoms with van der Waals surface area (Å²) in [4.78, 5) is 2.65. The van der Waals surface area contributed by atoms with Crippen molar-refractivity contribution in [2.75, 3.05) is 31.1 Å². The standard InChI is InChI=1S/C13H26N2S/c1-12(15-7-9-16-10-8-15)11-14-13-5-3-2-4-6-13/h12-14H,2-11H2,1H3.